The zero-order chi connectivity index (χ0) is 13.2. The smallest absolute Gasteiger partial charge is 0.226 e. The van der Waals surface area contributed by atoms with Crippen molar-refractivity contribution in [2.75, 3.05) is 0 Å². The Morgan fingerprint density at radius 1 is 1.33 bits per heavy atom. The molecule has 0 fully saturated rings. The average Bonchev–Trinajstić information content (AvgIpc) is 2.74. The summed E-state index contributed by atoms with van der Waals surface area (Å²) < 4.78 is 5.46. The van der Waals surface area contributed by atoms with Crippen molar-refractivity contribution in [3.05, 3.63) is 41.2 Å². The van der Waals surface area contributed by atoms with Gasteiger partial charge in [0, 0.05) is 22.7 Å². The highest BCUT2D eigenvalue weighted by atomic mass is 35.5. The Kier molecular flexibility index (Phi) is 3.73. The fraction of sp³-hybridized carbons (Fsp3) is 0.357. The molecule has 0 amide bonds. The van der Waals surface area contributed by atoms with Gasteiger partial charge in [-0.1, -0.05) is 17.7 Å². The van der Waals surface area contributed by atoms with Crippen LogP contribution in [-0.2, 0) is 6.54 Å². The molecule has 3 nitrogen and oxygen atoms in total. The summed E-state index contributed by atoms with van der Waals surface area (Å²) in [6.45, 7) is 7.04. The summed E-state index contributed by atoms with van der Waals surface area (Å²) in [5.41, 5.74) is 1.85. The predicted octanol–water partition coefficient (Wildman–Crippen LogP) is 3.88. The number of oxazole rings is 1. The molecule has 18 heavy (non-hydrogen) atoms. The van der Waals surface area contributed by atoms with Crippen LogP contribution in [0.2, 0.25) is 5.02 Å². The molecule has 1 aromatic carbocycles. The van der Waals surface area contributed by atoms with Gasteiger partial charge in [0.1, 0.15) is 6.26 Å². The van der Waals surface area contributed by atoms with Crippen LogP contribution in [0, 0.1) is 0 Å². The number of halogens is 1. The zero-order valence-electron chi connectivity index (χ0n) is 10.8. The molecule has 2 rings (SSSR count). The molecule has 1 aromatic heterocycles. The Balaban J connectivity index is 2.11. The molecule has 1 heterocycles. The van der Waals surface area contributed by atoms with E-state index in [1.807, 2.05) is 24.3 Å². The van der Waals surface area contributed by atoms with Gasteiger partial charge >= 0.3 is 0 Å². The normalized spacial score (nSPS) is 11.8. The standard InChI is InChI=1S/C14H17ClN2O/c1-14(2,3)16-8-12-9-18-13(17-12)10-5-4-6-11(15)7-10/h4-7,9,16H,8H2,1-3H3. The van der Waals surface area contributed by atoms with Gasteiger partial charge in [0.2, 0.25) is 5.89 Å². The van der Waals surface area contributed by atoms with Gasteiger partial charge in [0.05, 0.1) is 5.69 Å². The van der Waals surface area contributed by atoms with Gasteiger partial charge < -0.3 is 9.73 Å². The van der Waals surface area contributed by atoms with E-state index in [-0.39, 0.29) is 5.54 Å². The molecule has 0 saturated heterocycles. The van der Waals surface area contributed by atoms with Gasteiger partial charge in [-0.2, -0.15) is 0 Å². The van der Waals surface area contributed by atoms with Gasteiger partial charge in [-0.25, -0.2) is 4.98 Å². The Labute approximate surface area is 112 Å². The second-order valence-electron chi connectivity index (χ2n) is 5.26. The molecule has 4 heteroatoms. The van der Waals surface area contributed by atoms with Crippen molar-refractivity contribution in [1.82, 2.24) is 10.3 Å². The molecule has 0 atom stereocenters. The summed E-state index contributed by atoms with van der Waals surface area (Å²) in [5.74, 6) is 0.600. The van der Waals surface area contributed by atoms with Crippen LogP contribution in [0.5, 0.6) is 0 Å². The third-order valence-corrected chi connectivity index (χ3v) is 2.66. The van der Waals surface area contributed by atoms with Crippen molar-refractivity contribution in [2.24, 2.45) is 0 Å². The maximum Gasteiger partial charge on any atom is 0.226 e. The summed E-state index contributed by atoms with van der Waals surface area (Å²) in [4.78, 5) is 4.44. The highest BCUT2D eigenvalue weighted by Crippen LogP contribution is 2.22. The quantitative estimate of drug-likeness (QED) is 0.914. The van der Waals surface area contributed by atoms with Crippen molar-refractivity contribution in [2.45, 2.75) is 32.9 Å². The van der Waals surface area contributed by atoms with Crippen LogP contribution >= 0.6 is 11.6 Å². The van der Waals surface area contributed by atoms with E-state index in [0.29, 0.717) is 17.5 Å². The van der Waals surface area contributed by atoms with Crippen molar-refractivity contribution in [3.63, 3.8) is 0 Å². The number of aromatic nitrogens is 1. The van der Waals surface area contributed by atoms with Crippen LogP contribution in [0.3, 0.4) is 0 Å². The van der Waals surface area contributed by atoms with E-state index in [2.05, 4.69) is 31.1 Å². The van der Waals surface area contributed by atoms with Crippen molar-refractivity contribution in [3.8, 4) is 11.5 Å². The largest absolute Gasteiger partial charge is 0.444 e. The van der Waals surface area contributed by atoms with E-state index in [4.69, 9.17) is 16.0 Å². The van der Waals surface area contributed by atoms with Gasteiger partial charge in [0.25, 0.3) is 0 Å². The van der Waals surface area contributed by atoms with E-state index in [1.165, 1.54) is 0 Å². The van der Waals surface area contributed by atoms with Crippen LogP contribution in [0.15, 0.2) is 34.9 Å². The monoisotopic (exact) mass is 264 g/mol. The Morgan fingerprint density at radius 3 is 2.78 bits per heavy atom. The Bertz CT molecular complexity index is 529. The summed E-state index contributed by atoms with van der Waals surface area (Å²) in [6, 6.07) is 7.48. The van der Waals surface area contributed by atoms with E-state index in [9.17, 15) is 0 Å². The predicted molar refractivity (Wildman–Crippen MR) is 73.5 cm³/mol. The lowest BCUT2D eigenvalue weighted by Gasteiger charge is -2.19. The zero-order valence-corrected chi connectivity index (χ0v) is 11.6. The Hall–Kier alpha value is -1.32. The average molecular weight is 265 g/mol. The first-order valence-electron chi connectivity index (χ1n) is 5.89. The maximum absolute atomic E-state index is 5.94. The summed E-state index contributed by atoms with van der Waals surface area (Å²) in [5, 5.41) is 4.05. The molecule has 0 saturated carbocycles. The Morgan fingerprint density at radius 2 is 2.11 bits per heavy atom. The van der Waals surface area contributed by atoms with E-state index in [0.717, 1.165) is 11.3 Å². The molecule has 0 aliphatic carbocycles. The first kappa shape index (κ1) is 13.1. The lowest BCUT2D eigenvalue weighted by Crippen LogP contribution is -2.35. The van der Waals surface area contributed by atoms with Gasteiger partial charge in [0.15, 0.2) is 0 Å². The molecule has 0 spiro atoms. The van der Waals surface area contributed by atoms with Crippen LogP contribution in [0.1, 0.15) is 26.5 Å². The second-order valence-corrected chi connectivity index (χ2v) is 5.69. The minimum atomic E-state index is 0.0647. The van der Waals surface area contributed by atoms with Gasteiger partial charge in [-0.05, 0) is 39.0 Å². The van der Waals surface area contributed by atoms with Gasteiger partial charge in [-0.3, -0.25) is 0 Å². The third-order valence-electron chi connectivity index (χ3n) is 2.42. The lowest BCUT2D eigenvalue weighted by atomic mass is 10.1. The van der Waals surface area contributed by atoms with Crippen LogP contribution in [-0.4, -0.2) is 10.5 Å². The molecule has 0 bridgehead atoms. The number of hydrogen-bond donors (Lipinski definition) is 1. The highest BCUT2D eigenvalue weighted by Gasteiger charge is 2.11. The molecule has 1 N–H and O–H groups in total. The summed E-state index contributed by atoms with van der Waals surface area (Å²) in [6.07, 6.45) is 1.68. The van der Waals surface area contributed by atoms with Gasteiger partial charge in [-0.15, -0.1) is 0 Å². The minimum absolute atomic E-state index is 0.0647. The minimum Gasteiger partial charge on any atom is -0.444 e. The molecule has 2 aromatic rings. The van der Waals surface area contributed by atoms with Crippen LogP contribution < -0.4 is 5.32 Å². The van der Waals surface area contributed by atoms with E-state index >= 15 is 0 Å². The number of nitrogens with zero attached hydrogens (tertiary/aromatic N) is 1. The lowest BCUT2D eigenvalue weighted by molar-refractivity contribution is 0.421. The van der Waals surface area contributed by atoms with E-state index in [1.54, 1.807) is 6.26 Å². The number of hydrogen-bond acceptors (Lipinski definition) is 3. The molecule has 0 aliphatic heterocycles. The van der Waals surface area contributed by atoms with Crippen molar-refractivity contribution >= 4 is 11.6 Å². The van der Waals surface area contributed by atoms with Crippen LogP contribution in [0.4, 0.5) is 0 Å². The number of rotatable bonds is 3. The summed E-state index contributed by atoms with van der Waals surface area (Å²) >= 11 is 5.94. The molecule has 0 unspecified atom stereocenters. The molecule has 96 valence electrons. The fourth-order valence-corrected chi connectivity index (χ4v) is 1.69. The number of benzene rings is 1. The molecular formula is C14H17ClN2O. The van der Waals surface area contributed by atoms with E-state index < -0.39 is 0 Å². The number of nitrogens with one attached hydrogen (secondary N) is 1. The topological polar surface area (TPSA) is 38.1 Å². The first-order valence-corrected chi connectivity index (χ1v) is 6.27. The third kappa shape index (κ3) is 3.59. The fourth-order valence-electron chi connectivity index (χ4n) is 1.50. The second kappa shape index (κ2) is 5.12. The van der Waals surface area contributed by atoms with Crippen molar-refractivity contribution in [1.29, 1.82) is 0 Å². The SMILES string of the molecule is CC(C)(C)NCc1coc(-c2cccc(Cl)c2)n1. The summed E-state index contributed by atoms with van der Waals surface area (Å²) in [7, 11) is 0. The van der Waals surface area contributed by atoms with Crippen LogP contribution in [0.25, 0.3) is 11.5 Å². The molecule has 0 aliphatic rings. The molecular weight excluding hydrogens is 248 g/mol. The highest BCUT2D eigenvalue weighted by molar-refractivity contribution is 6.30. The first-order chi connectivity index (χ1) is 8.44. The molecule has 0 radical (unpaired) electrons. The van der Waals surface area contributed by atoms with Crippen molar-refractivity contribution < 1.29 is 4.42 Å². The maximum atomic E-state index is 5.94.